The third-order valence-electron chi connectivity index (χ3n) is 1.97. The zero-order chi connectivity index (χ0) is 12.2. The van der Waals surface area contributed by atoms with Crippen LogP contribution in [0.4, 0.5) is 0 Å². The van der Waals surface area contributed by atoms with Gasteiger partial charge in [0.2, 0.25) is 0 Å². The third-order valence-corrected chi connectivity index (χ3v) is 1.97. The molecule has 1 rings (SSSR count). The van der Waals surface area contributed by atoms with Crippen molar-refractivity contribution in [1.29, 1.82) is 0 Å². The third kappa shape index (κ3) is 7.19. The molecular formula is C14H18O3. The van der Waals surface area contributed by atoms with E-state index in [9.17, 15) is 0 Å². The van der Waals surface area contributed by atoms with E-state index in [-0.39, 0.29) is 0 Å². The highest BCUT2D eigenvalue weighted by Crippen LogP contribution is 2.00. The van der Waals surface area contributed by atoms with E-state index in [1.807, 2.05) is 36.4 Å². The van der Waals surface area contributed by atoms with E-state index in [0.29, 0.717) is 26.4 Å². The van der Waals surface area contributed by atoms with E-state index >= 15 is 0 Å². The van der Waals surface area contributed by atoms with Crippen molar-refractivity contribution >= 4 is 6.08 Å². The molecule has 0 aliphatic carbocycles. The maximum Gasteiger partial charge on any atom is 0.111 e. The van der Waals surface area contributed by atoms with E-state index in [0.717, 1.165) is 5.56 Å². The molecule has 0 heterocycles. The van der Waals surface area contributed by atoms with Crippen LogP contribution in [0.2, 0.25) is 0 Å². The number of ether oxygens (including phenoxy) is 3. The first-order valence-corrected chi connectivity index (χ1v) is 5.57. The van der Waals surface area contributed by atoms with Crippen LogP contribution in [0, 0.1) is 0 Å². The molecule has 0 amide bonds. The van der Waals surface area contributed by atoms with Crippen LogP contribution in [0.3, 0.4) is 0 Å². The molecule has 0 N–H and O–H groups in total. The van der Waals surface area contributed by atoms with E-state index in [1.165, 1.54) is 6.26 Å². The normalized spacial score (nSPS) is 10.4. The Balaban J connectivity index is 1.97. The second kappa shape index (κ2) is 9.48. The first-order chi connectivity index (χ1) is 8.43. The highest BCUT2D eigenvalue weighted by Gasteiger charge is 1.87. The summed E-state index contributed by atoms with van der Waals surface area (Å²) < 4.78 is 15.4. The van der Waals surface area contributed by atoms with E-state index in [2.05, 4.69) is 6.58 Å². The molecule has 0 bridgehead atoms. The number of hydrogen-bond acceptors (Lipinski definition) is 3. The van der Waals surface area contributed by atoms with Gasteiger partial charge in [-0.05, 0) is 11.6 Å². The molecule has 17 heavy (non-hydrogen) atoms. The fourth-order valence-corrected chi connectivity index (χ4v) is 1.16. The van der Waals surface area contributed by atoms with Gasteiger partial charge in [0.25, 0.3) is 0 Å². The van der Waals surface area contributed by atoms with Gasteiger partial charge < -0.3 is 14.2 Å². The van der Waals surface area contributed by atoms with Gasteiger partial charge in [0.05, 0.1) is 25.7 Å². The van der Waals surface area contributed by atoms with Crippen molar-refractivity contribution in [3.63, 3.8) is 0 Å². The largest absolute Gasteiger partial charge is 0.499 e. The first-order valence-electron chi connectivity index (χ1n) is 5.57. The molecule has 0 fully saturated rings. The summed E-state index contributed by atoms with van der Waals surface area (Å²) in [7, 11) is 0. The standard InChI is InChI=1S/C14H18O3/c1-2-15-10-11-17-13-12-16-9-8-14-6-4-3-5-7-14/h2-9H,1,10-13H2. The Morgan fingerprint density at radius 3 is 2.35 bits per heavy atom. The minimum Gasteiger partial charge on any atom is -0.499 e. The maximum absolute atomic E-state index is 5.28. The molecule has 0 spiro atoms. The number of benzene rings is 1. The molecule has 0 radical (unpaired) electrons. The van der Waals surface area contributed by atoms with Gasteiger partial charge >= 0.3 is 0 Å². The highest BCUT2D eigenvalue weighted by atomic mass is 16.5. The Bertz CT molecular complexity index is 319. The van der Waals surface area contributed by atoms with Crippen LogP contribution >= 0.6 is 0 Å². The molecule has 0 aliphatic heterocycles. The Morgan fingerprint density at radius 2 is 1.65 bits per heavy atom. The highest BCUT2D eigenvalue weighted by molar-refractivity contribution is 5.47. The molecule has 0 unspecified atom stereocenters. The second-order valence-corrected chi connectivity index (χ2v) is 3.23. The SMILES string of the molecule is C=COCCOCCOC=Cc1ccccc1. The van der Waals surface area contributed by atoms with Gasteiger partial charge in [-0.25, -0.2) is 0 Å². The molecule has 3 nitrogen and oxygen atoms in total. The molecule has 92 valence electrons. The summed E-state index contributed by atoms with van der Waals surface area (Å²) in [5.41, 5.74) is 1.12. The summed E-state index contributed by atoms with van der Waals surface area (Å²) in [6.07, 6.45) is 5.00. The summed E-state index contributed by atoms with van der Waals surface area (Å²) in [5, 5.41) is 0. The first kappa shape index (κ1) is 13.3. The van der Waals surface area contributed by atoms with Crippen molar-refractivity contribution in [1.82, 2.24) is 0 Å². The van der Waals surface area contributed by atoms with E-state index < -0.39 is 0 Å². The van der Waals surface area contributed by atoms with Crippen molar-refractivity contribution in [2.24, 2.45) is 0 Å². The Kier molecular flexibility index (Phi) is 7.43. The van der Waals surface area contributed by atoms with Gasteiger partial charge in [-0.15, -0.1) is 0 Å². The fraction of sp³-hybridized carbons (Fsp3) is 0.286. The van der Waals surface area contributed by atoms with Crippen molar-refractivity contribution in [2.45, 2.75) is 0 Å². The lowest BCUT2D eigenvalue weighted by atomic mass is 10.2. The molecule has 3 heteroatoms. The summed E-state index contributed by atoms with van der Waals surface area (Å²) in [6.45, 7) is 5.61. The van der Waals surface area contributed by atoms with Crippen LogP contribution in [0.1, 0.15) is 5.56 Å². The van der Waals surface area contributed by atoms with Gasteiger partial charge in [0.15, 0.2) is 0 Å². The van der Waals surface area contributed by atoms with Crippen molar-refractivity contribution < 1.29 is 14.2 Å². The molecular weight excluding hydrogens is 216 g/mol. The van der Waals surface area contributed by atoms with Crippen LogP contribution in [-0.2, 0) is 14.2 Å². The lowest BCUT2D eigenvalue weighted by molar-refractivity contribution is 0.0561. The molecule has 0 aromatic heterocycles. The molecule has 1 aromatic carbocycles. The molecule has 0 saturated carbocycles. The average molecular weight is 234 g/mol. The summed E-state index contributed by atoms with van der Waals surface area (Å²) in [4.78, 5) is 0. The Labute approximate surface area is 102 Å². The van der Waals surface area contributed by atoms with Gasteiger partial charge in [-0.1, -0.05) is 36.9 Å². The predicted octanol–water partition coefficient (Wildman–Crippen LogP) is 2.85. The van der Waals surface area contributed by atoms with Gasteiger partial charge in [0, 0.05) is 0 Å². The van der Waals surface area contributed by atoms with Gasteiger partial charge in [0.1, 0.15) is 13.2 Å². The lowest BCUT2D eigenvalue weighted by Gasteiger charge is -2.03. The van der Waals surface area contributed by atoms with E-state index in [4.69, 9.17) is 14.2 Å². The minimum absolute atomic E-state index is 0.531. The molecule has 0 saturated heterocycles. The Morgan fingerprint density at radius 1 is 0.941 bits per heavy atom. The van der Waals surface area contributed by atoms with Crippen LogP contribution in [0.15, 0.2) is 49.4 Å². The Hall–Kier alpha value is -1.74. The number of hydrogen-bond donors (Lipinski definition) is 0. The van der Waals surface area contributed by atoms with Crippen molar-refractivity contribution in [2.75, 3.05) is 26.4 Å². The van der Waals surface area contributed by atoms with Crippen molar-refractivity contribution in [3.05, 3.63) is 55.0 Å². The molecule has 0 aliphatic rings. The molecule has 1 aromatic rings. The second-order valence-electron chi connectivity index (χ2n) is 3.23. The number of rotatable bonds is 9. The van der Waals surface area contributed by atoms with Crippen LogP contribution in [-0.4, -0.2) is 26.4 Å². The maximum atomic E-state index is 5.28. The summed E-state index contributed by atoms with van der Waals surface area (Å²) in [5.74, 6) is 0. The fourth-order valence-electron chi connectivity index (χ4n) is 1.16. The van der Waals surface area contributed by atoms with Gasteiger partial charge in [-0.3, -0.25) is 0 Å². The quantitative estimate of drug-likeness (QED) is 0.485. The smallest absolute Gasteiger partial charge is 0.111 e. The van der Waals surface area contributed by atoms with Crippen LogP contribution < -0.4 is 0 Å². The summed E-state index contributed by atoms with van der Waals surface area (Å²) >= 11 is 0. The average Bonchev–Trinajstić information content (AvgIpc) is 2.38. The van der Waals surface area contributed by atoms with Gasteiger partial charge in [-0.2, -0.15) is 0 Å². The zero-order valence-electron chi connectivity index (χ0n) is 9.88. The minimum atomic E-state index is 0.531. The topological polar surface area (TPSA) is 27.7 Å². The van der Waals surface area contributed by atoms with Crippen LogP contribution in [0.25, 0.3) is 6.08 Å². The van der Waals surface area contributed by atoms with Crippen molar-refractivity contribution in [3.8, 4) is 0 Å². The molecule has 0 atom stereocenters. The van der Waals surface area contributed by atoms with Crippen LogP contribution in [0.5, 0.6) is 0 Å². The monoisotopic (exact) mass is 234 g/mol. The van der Waals surface area contributed by atoms with E-state index in [1.54, 1.807) is 6.26 Å². The zero-order valence-corrected chi connectivity index (χ0v) is 9.88. The lowest BCUT2D eigenvalue weighted by Crippen LogP contribution is -2.06. The predicted molar refractivity (Wildman–Crippen MR) is 68.4 cm³/mol. The summed E-state index contributed by atoms with van der Waals surface area (Å²) in [6, 6.07) is 9.99.